The zero-order valence-corrected chi connectivity index (χ0v) is 24.6. The van der Waals surface area contributed by atoms with E-state index in [0.717, 1.165) is 55.8 Å². The quantitative estimate of drug-likeness (QED) is 0.101. The predicted octanol–water partition coefficient (Wildman–Crippen LogP) is 7.00. The number of unbranched alkanes of at least 4 members (excludes halogenated alkanes) is 3. The third kappa shape index (κ3) is 12.7. The highest BCUT2D eigenvalue weighted by Gasteiger charge is 2.13. The highest BCUT2D eigenvalue weighted by Crippen LogP contribution is 2.26. The second-order valence-electron chi connectivity index (χ2n) is 8.93. The van der Waals surface area contributed by atoms with Crippen LogP contribution < -0.4 is 9.47 Å². The van der Waals surface area contributed by atoms with Gasteiger partial charge in [0, 0.05) is 16.4 Å². The molecule has 37 heavy (non-hydrogen) atoms. The lowest BCUT2D eigenvalue weighted by molar-refractivity contribution is -0.144. The second kappa shape index (κ2) is 18.0. The monoisotopic (exact) mass is 624 g/mol. The summed E-state index contributed by atoms with van der Waals surface area (Å²) in [6.07, 6.45) is 7.02. The molecule has 0 saturated heterocycles. The Morgan fingerprint density at radius 3 is 2.22 bits per heavy atom. The number of esters is 2. The van der Waals surface area contributed by atoms with E-state index in [0.29, 0.717) is 45.5 Å². The molecule has 0 N–H and O–H groups in total. The smallest absolute Gasteiger partial charge is 0.306 e. The summed E-state index contributed by atoms with van der Waals surface area (Å²) in [5.41, 5.74) is 3.48. The lowest BCUT2D eigenvalue weighted by Crippen LogP contribution is -2.10. The fraction of sp³-hybridized carbons (Fsp3) is 0.533. The first-order valence-corrected chi connectivity index (χ1v) is 14.5. The fourth-order valence-electron chi connectivity index (χ4n) is 4.10. The van der Waals surface area contributed by atoms with Crippen LogP contribution in [0.4, 0.5) is 0 Å². The molecule has 0 aliphatic rings. The van der Waals surface area contributed by atoms with Gasteiger partial charge in [-0.05, 0) is 116 Å². The van der Waals surface area contributed by atoms with Gasteiger partial charge in [0.25, 0.3) is 0 Å². The Hall–Kier alpha value is -2.29. The summed E-state index contributed by atoms with van der Waals surface area (Å²) < 4.78 is 23.3. The molecular weight excluding hydrogens is 583 g/mol. The molecule has 0 saturated carbocycles. The molecule has 0 fully saturated rings. The van der Waals surface area contributed by atoms with Gasteiger partial charge in [-0.25, -0.2) is 0 Å². The Bertz CT molecular complexity index is 954. The lowest BCUT2D eigenvalue weighted by atomic mass is 9.96. The minimum atomic E-state index is -0.207. The summed E-state index contributed by atoms with van der Waals surface area (Å²) in [6, 6.07) is 12.3. The van der Waals surface area contributed by atoms with E-state index in [-0.39, 0.29) is 11.9 Å². The molecule has 0 atom stereocenters. The third-order valence-corrected chi connectivity index (χ3v) is 6.45. The average Bonchev–Trinajstić information content (AvgIpc) is 2.85. The number of benzene rings is 2. The Morgan fingerprint density at radius 1 is 0.784 bits per heavy atom. The van der Waals surface area contributed by atoms with Gasteiger partial charge in [0.05, 0.1) is 26.4 Å². The maximum Gasteiger partial charge on any atom is 0.306 e. The molecule has 0 radical (unpaired) electrons. The first-order chi connectivity index (χ1) is 17.9. The van der Waals surface area contributed by atoms with Crippen LogP contribution in [-0.2, 0) is 31.9 Å². The van der Waals surface area contributed by atoms with Gasteiger partial charge in [-0.3, -0.25) is 9.59 Å². The zero-order valence-electron chi connectivity index (χ0n) is 22.5. The summed E-state index contributed by atoms with van der Waals surface area (Å²) in [5.74, 6) is 1.32. The average molecular weight is 625 g/mol. The molecule has 6 nitrogen and oxygen atoms in total. The van der Waals surface area contributed by atoms with Gasteiger partial charge in [-0.1, -0.05) is 25.0 Å². The van der Waals surface area contributed by atoms with Crippen LogP contribution in [0.15, 0.2) is 36.4 Å². The van der Waals surface area contributed by atoms with Gasteiger partial charge in [-0.15, -0.1) is 0 Å². The summed E-state index contributed by atoms with van der Waals surface area (Å²) >= 11 is 2.32. The van der Waals surface area contributed by atoms with Crippen LogP contribution >= 0.6 is 22.6 Å². The van der Waals surface area contributed by atoms with Crippen molar-refractivity contribution in [1.29, 1.82) is 0 Å². The highest BCUT2D eigenvalue weighted by atomic mass is 127. The van der Waals surface area contributed by atoms with Crippen molar-refractivity contribution in [2.45, 2.75) is 78.6 Å². The molecule has 2 aromatic rings. The van der Waals surface area contributed by atoms with E-state index in [1.807, 2.05) is 19.1 Å². The normalized spacial score (nSPS) is 10.7. The number of hydrogen-bond acceptors (Lipinski definition) is 6. The molecule has 2 rings (SSSR count). The van der Waals surface area contributed by atoms with Crippen LogP contribution in [0.25, 0.3) is 0 Å². The van der Waals surface area contributed by atoms with Crippen LogP contribution in [0.2, 0.25) is 0 Å². The van der Waals surface area contributed by atoms with E-state index in [1.165, 1.54) is 14.7 Å². The molecule has 7 heteroatoms. The van der Waals surface area contributed by atoms with Gasteiger partial charge < -0.3 is 18.9 Å². The molecule has 0 heterocycles. The summed E-state index contributed by atoms with van der Waals surface area (Å²) in [6.45, 7) is 7.61. The first-order valence-electron chi connectivity index (χ1n) is 13.4. The summed E-state index contributed by atoms with van der Waals surface area (Å²) in [4.78, 5) is 23.6. The number of aryl methyl sites for hydroxylation is 2. The van der Waals surface area contributed by atoms with E-state index < -0.39 is 0 Å². The molecule has 0 amide bonds. The van der Waals surface area contributed by atoms with Gasteiger partial charge in [0.2, 0.25) is 0 Å². The molecule has 0 aromatic heterocycles. The van der Waals surface area contributed by atoms with E-state index in [2.05, 4.69) is 53.8 Å². The number of rotatable bonds is 18. The molecule has 204 valence electrons. The Kier molecular flexibility index (Phi) is 15.1. The van der Waals surface area contributed by atoms with Crippen molar-refractivity contribution in [2.24, 2.45) is 0 Å². The second-order valence-corrected chi connectivity index (χ2v) is 10.2. The third-order valence-electron chi connectivity index (χ3n) is 5.83. The minimum Gasteiger partial charge on any atom is -0.494 e. The maximum absolute atomic E-state index is 12.0. The van der Waals surface area contributed by atoms with Crippen LogP contribution in [0, 0.1) is 10.5 Å². The van der Waals surface area contributed by atoms with Gasteiger partial charge in [0.15, 0.2) is 0 Å². The Labute approximate surface area is 235 Å². The topological polar surface area (TPSA) is 71.1 Å². The number of carbonyl (C=O) groups is 2. The van der Waals surface area contributed by atoms with Crippen molar-refractivity contribution >= 4 is 34.5 Å². The van der Waals surface area contributed by atoms with Gasteiger partial charge in [-0.2, -0.15) is 0 Å². The van der Waals surface area contributed by atoms with Crippen LogP contribution in [-0.4, -0.2) is 38.4 Å². The Morgan fingerprint density at radius 2 is 1.49 bits per heavy atom. The van der Waals surface area contributed by atoms with Gasteiger partial charge >= 0.3 is 11.9 Å². The molecule has 0 unspecified atom stereocenters. The Balaban J connectivity index is 1.84. The molecule has 2 aromatic carbocycles. The SMILES string of the molecule is CCOC(=O)CCCOc1cccc(CCCCCCOc2cc(C)cc(I)c2)c1CCC(=O)OCC. The number of hydrogen-bond donors (Lipinski definition) is 0. The predicted molar refractivity (Wildman–Crippen MR) is 154 cm³/mol. The van der Waals surface area contributed by atoms with Crippen molar-refractivity contribution in [3.05, 3.63) is 56.7 Å². The summed E-state index contributed by atoms with van der Waals surface area (Å²) in [5, 5.41) is 0. The molecule has 0 bridgehead atoms. The van der Waals surface area contributed by atoms with E-state index >= 15 is 0 Å². The van der Waals surface area contributed by atoms with Crippen LogP contribution in [0.3, 0.4) is 0 Å². The largest absolute Gasteiger partial charge is 0.494 e. The van der Waals surface area contributed by atoms with Crippen molar-refractivity contribution in [1.82, 2.24) is 0 Å². The first kappa shape index (κ1) is 30.9. The van der Waals surface area contributed by atoms with Crippen molar-refractivity contribution < 1.29 is 28.5 Å². The van der Waals surface area contributed by atoms with Gasteiger partial charge in [0.1, 0.15) is 11.5 Å². The molecule has 0 aliphatic carbocycles. The van der Waals surface area contributed by atoms with Crippen LogP contribution in [0.5, 0.6) is 11.5 Å². The lowest BCUT2D eigenvalue weighted by Gasteiger charge is -2.16. The fourth-order valence-corrected chi connectivity index (χ4v) is 4.90. The minimum absolute atomic E-state index is 0.200. The number of carbonyl (C=O) groups excluding carboxylic acids is 2. The molecule has 0 spiro atoms. The van der Waals surface area contributed by atoms with Crippen LogP contribution in [0.1, 0.15) is 75.5 Å². The van der Waals surface area contributed by atoms with E-state index in [9.17, 15) is 9.59 Å². The zero-order chi connectivity index (χ0) is 26.9. The van der Waals surface area contributed by atoms with Crippen molar-refractivity contribution in [3.63, 3.8) is 0 Å². The van der Waals surface area contributed by atoms with Crippen molar-refractivity contribution in [3.8, 4) is 11.5 Å². The van der Waals surface area contributed by atoms with Crippen molar-refractivity contribution in [2.75, 3.05) is 26.4 Å². The molecular formula is C30H41IO6. The highest BCUT2D eigenvalue weighted by molar-refractivity contribution is 14.1. The maximum atomic E-state index is 12.0. The number of halogens is 1. The van der Waals surface area contributed by atoms with E-state index in [1.54, 1.807) is 6.92 Å². The standard InChI is InChI=1S/C30H41IO6/c1-4-34-29(32)15-11-19-37-28-14-10-13-24(27(28)16-17-30(33)35-5-2)12-8-6-7-9-18-36-26-21-23(3)20-25(31)22-26/h10,13-14,20-22H,4-9,11-12,15-19H2,1-3H3. The molecule has 0 aliphatic heterocycles. The number of ether oxygens (including phenoxy) is 4. The van der Waals surface area contributed by atoms with E-state index in [4.69, 9.17) is 18.9 Å². The summed E-state index contributed by atoms with van der Waals surface area (Å²) in [7, 11) is 0.